The van der Waals surface area contributed by atoms with Crippen LogP contribution in [-0.4, -0.2) is 31.4 Å². The van der Waals surface area contributed by atoms with Crippen LogP contribution in [-0.2, 0) is 19.4 Å². The molecule has 33 heavy (non-hydrogen) atoms. The van der Waals surface area contributed by atoms with Crippen molar-refractivity contribution in [1.29, 1.82) is 0 Å². The van der Waals surface area contributed by atoms with Gasteiger partial charge in [0.1, 0.15) is 0 Å². The maximum atomic E-state index is 12.7. The number of carbonyl (C=O) groups excluding carboxylic acids is 1. The van der Waals surface area contributed by atoms with Crippen LogP contribution in [0.3, 0.4) is 0 Å². The van der Waals surface area contributed by atoms with Crippen LogP contribution in [0.15, 0.2) is 54.6 Å². The second-order valence-electron chi connectivity index (χ2n) is 8.46. The summed E-state index contributed by atoms with van der Waals surface area (Å²) >= 11 is 0. The quantitative estimate of drug-likeness (QED) is 0.632. The molecule has 0 aromatic heterocycles. The SMILES string of the molecule is COc1ccc2c(c1OC(=O)Nc1ccccc1)CN1CCc3cc4c(cc3C1C2)OCO4. The molecule has 6 rings (SSSR count). The molecule has 7 nitrogen and oxygen atoms in total. The molecule has 168 valence electrons. The van der Waals surface area contributed by atoms with E-state index in [2.05, 4.69) is 28.4 Å². The minimum absolute atomic E-state index is 0.246. The first-order valence-electron chi connectivity index (χ1n) is 11.1. The third-order valence-electron chi connectivity index (χ3n) is 6.63. The van der Waals surface area contributed by atoms with E-state index in [0.29, 0.717) is 23.7 Å². The number of hydrogen-bond acceptors (Lipinski definition) is 6. The fourth-order valence-electron chi connectivity index (χ4n) is 5.02. The number of carbonyl (C=O) groups is 1. The number of hydrogen-bond donors (Lipinski definition) is 1. The molecule has 0 aliphatic carbocycles. The maximum Gasteiger partial charge on any atom is 0.417 e. The standard InChI is InChI=1S/C26H24N2O5/c1-30-22-8-7-16-11-21-19-13-24-23(31-15-32-24)12-17(19)9-10-28(21)14-20(16)25(22)33-26(29)27-18-5-3-2-4-6-18/h2-8,12-13,21H,9-11,14-15H2,1H3,(H,27,29). The number of ether oxygens (including phenoxy) is 4. The van der Waals surface area contributed by atoms with Crippen molar-refractivity contribution in [2.45, 2.75) is 25.4 Å². The van der Waals surface area contributed by atoms with E-state index in [0.717, 1.165) is 42.0 Å². The average Bonchev–Trinajstić information content (AvgIpc) is 3.30. The monoisotopic (exact) mass is 444 g/mol. The number of fused-ring (bicyclic) bond motifs is 5. The number of benzene rings is 3. The molecule has 1 N–H and O–H groups in total. The lowest BCUT2D eigenvalue weighted by Gasteiger charge is -2.42. The lowest BCUT2D eigenvalue weighted by atomic mass is 9.83. The maximum absolute atomic E-state index is 12.7. The number of methoxy groups -OCH3 is 1. The minimum atomic E-state index is -0.535. The molecule has 0 fully saturated rings. The van der Waals surface area contributed by atoms with Crippen molar-refractivity contribution in [3.05, 3.63) is 76.9 Å². The smallest absolute Gasteiger partial charge is 0.417 e. The summed E-state index contributed by atoms with van der Waals surface area (Å²) in [6.45, 7) is 1.88. The molecule has 1 amide bonds. The van der Waals surface area contributed by atoms with Crippen molar-refractivity contribution >= 4 is 11.8 Å². The Kier molecular flexibility index (Phi) is 4.84. The van der Waals surface area contributed by atoms with E-state index in [-0.39, 0.29) is 12.8 Å². The van der Waals surface area contributed by atoms with Crippen molar-refractivity contribution in [2.75, 3.05) is 25.8 Å². The predicted octanol–water partition coefficient (Wildman–Crippen LogP) is 4.69. The van der Waals surface area contributed by atoms with Gasteiger partial charge >= 0.3 is 6.09 Å². The molecule has 7 heteroatoms. The van der Waals surface area contributed by atoms with Gasteiger partial charge in [-0.3, -0.25) is 10.2 Å². The van der Waals surface area contributed by atoms with Crippen LogP contribution in [0.4, 0.5) is 10.5 Å². The Morgan fingerprint density at radius 2 is 1.88 bits per heavy atom. The van der Waals surface area contributed by atoms with Gasteiger partial charge in [0.2, 0.25) is 6.79 Å². The van der Waals surface area contributed by atoms with Gasteiger partial charge in [-0.25, -0.2) is 4.79 Å². The van der Waals surface area contributed by atoms with E-state index >= 15 is 0 Å². The summed E-state index contributed by atoms with van der Waals surface area (Å²) in [5.74, 6) is 2.69. The molecule has 0 radical (unpaired) electrons. The molecule has 3 aliphatic heterocycles. The van der Waals surface area contributed by atoms with E-state index in [1.54, 1.807) is 7.11 Å². The van der Waals surface area contributed by atoms with Crippen LogP contribution in [0.1, 0.15) is 28.3 Å². The molecule has 0 saturated heterocycles. The van der Waals surface area contributed by atoms with Gasteiger partial charge in [0.05, 0.1) is 7.11 Å². The lowest BCUT2D eigenvalue weighted by Crippen LogP contribution is -2.39. The van der Waals surface area contributed by atoms with Gasteiger partial charge in [-0.1, -0.05) is 24.3 Å². The first-order chi connectivity index (χ1) is 16.2. The molecule has 0 bridgehead atoms. The van der Waals surface area contributed by atoms with Gasteiger partial charge in [0.15, 0.2) is 23.0 Å². The average molecular weight is 444 g/mol. The van der Waals surface area contributed by atoms with Crippen molar-refractivity contribution in [3.8, 4) is 23.0 Å². The summed E-state index contributed by atoms with van der Waals surface area (Å²) in [7, 11) is 1.59. The van der Waals surface area contributed by atoms with Crippen LogP contribution < -0.4 is 24.3 Å². The van der Waals surface area contributed by atoms with Gasteiger partial charge in [0, 0.05) is 30.4 Å². The summed E-state index contributed by atoms with van der Waals surface area (Å²) in [6.07, 6.45) is 1.22. The molecule has 3 aromatic rings. The van der Waals surface area contributed by atoms with Gasteiger partial charge < -0.3 is 18.9 Å². The van der Waals surface area contributed by atoms with E-state index in [4.69, 9.17) is 18.9 Å². The van der Waals surface area contributed by atoms with Crippen molar-refractivity contribution in [1.82, 2.24) is 4.90 Å². The van der Waals surface area contributed by atoms with Crippen molar-refractivity contribution < 1.29 is 23.7 Å². The fraction of sp³-hybridized carbons (Fsp3) is 0.269. The lowest BCUT2D eigenvalue weighted by molar-refractivity contribution is 0.157. The van der Waals surface area contributed by atoms with Gasteiger partial charge in [-0.05, 0) is 59.9 Å². The summed E-state index contributed by atoms with van der Waals surface area (Å²) in [4.78, 5) is 15.1. The summed E-state index contributed by atoms with van der Waals surface area (Å²) < 4.78 is 22.6. The van der Waals surface area contributed by atoms with Crippen LogP contribution >= 0.6 is 0 Å². The Balaban J connectivity index is 1.31. The highest BCUT2D eigenvalue weighted by Gasteiger charge is 2.36. The van der Waals surface area contributed by atoms with E-state index < -0.39 is 6.09 Å². The van der Waals surface area contributed by atoms with Gasteiger partial charge in [-0.15, -0.1) is 0 Å². The third kappa shape index (κ3) is 3.54. The van der Waals surface area contributed by atoms with Crippen LogP contribution in [0.25, 0.3) is 0 Å². The molecular formula is C26H24N2O5. The number of para-hydroxylation sites is 1. The van der Waals surface area contributed by atoms with E-state index in [1.807, 2.05) is 36.4 Å². The Hall–Kier alpha value is -3.71. The zero-order valence-electron chi connectivity index (χ0n) is 18.3. The molecule has 0 spiro atoms. The number of nitrogens with zero attached hydrogens (tertiary/aromatic N) is 1. The van der Waals surface area contributed by atoms with Crippen molar-refractivity contribution in [2.24, 2.45) is 0 Å². The zero-order chi connectivity index (χ0) is 22.4. The second-order valence-corrected chi connectivity index (χ2v) is 8.46. The Bertz CT molecular complexity index is 1230. The molecule has 0 saturated carbocycles. The van der Waals surface area contributed by atoms with Crippen LogP contribution in [0.5, 0.6) is 23.0 Å². The Labute approximate surface area is 191 Å². The highest BCUT2D eigenvalue weighted by atomic mass is 16.7. The molecular weight excluding hydrogens is 420 g/mol. The highest BCUT2D eigenvalue weighted by molar-refractivity contribution is 5.87. The van der Waals surface area contributed by atoms with E-state index in [9.17, 15) is 4.79 Å². The van der Waals surface area contributed by atoms with Gasteiger partial charge in [-0.2, -0.15) is 0 Å². The number of rotatable bonds is 3. The first-order valence-corrected chi connectivity index (χ1v) is 11.1. The summed E-state index contributed by atoms with van der Waals surface area (Å²) in [5.41, 5.74) is 5.44. The first kappa shape index (κ1) is 19.9. The summed E-state index contributed by atoms with van der Waals surface area (Å²) in [6, 6.07) is 17.7. The number of nitrogens with one attached hydrogen (secondary N) is 1. The Morgan fingerprint density at radius 1 is 1.06 bits per heavy atom. The molecule has 1 unspecified atom stereocenters. The third-order valence-corrected chi connectivity index (χ3v) is 6.63. The largest absolute Gasteiger partial charge is 0.493 e. The second kappa shape index (κ2) is 8.01. The summed E-state index contributed by atoms with van der Waals surface area (Å²) in [5, 5.41) is 2.79. The molecule has 3 aliphatic rings. The van der Waals surface area contributed by atoms with Gasteiger partial charge in [0.25, 0.3) is 0 Å². The van der Waals surface area contributed by atoms with E-state index in [1.165, 1.54) is 11.1 Å². The number of anilines is 1. The number of amides is 1. The molecule has 3 aromatic carbocycles. The minimum Gasteiger partial charge on any atom is -0.493 e. The molecule has 3 heterocycles. The Morgan fingerprint density at radius 3 is 2.70 bits per heavy atom. The zero-order valence-corrected chi connectivity index (χ0v) is 18.3. The van der Waals surface area contributed by atoms with Crippen LogP contribution in [0.2, 0.25) is 0 Å². The topological polar surface area (TPSA) is 69.3 Å². The van der Waals surface area contributed by atoms with Crippen molar-refractivity contribution in [3.63, 3.8) is 0 Å². The van der Waals surface area contributed by atoms with Crippen LogP contribution in [0, 0.1) is 0 Å². The normalized spacial score (nSPS) is 18.0. The highest BCUT2D eigenvalue weighted by Crippen LogP contribution is 2.46. The molecule has 1 atom stereocenters. The fourth-order valence-corrected chi connectivity index (χ4v) is 5.02. The predicted molar refractivity (Wildman–Crippen MR) is 122 cm³/mol.